The van der Waals surface area contributed by atoms with Crippen molar-refractivity contribution >= 4 is 22.9 Å². The molecule has 1 N–H and O–H groups in total. The quantitative estimate of drug-likeness (QED) is 0.269. The van der Waals surface area contributed by atoms with Crippen molar-refractivity contribution in [1.82, 2.24) is 19.8 Å². The van der Waals surface area contributed by atoms with E-state index in [1.54, 1.807) is 23.1 Å². The summed E-state index contributed by atoms with van der Waals surface area (Å²) in [6.07, 6.45) is 0. The predicted octanol–water partition coefficient (Wildman–Crippen LogP) is 5.63. The number of benzene rings is 4. The number of imidazole rings is 1. The highest BCUT2D eigenvalue weighted by Gasteiger charge is 2.28. The lowest BCUT2D eigenvalue weighted by atomic mass is 9.96. The lowest BCUT2D eigenvalue weighted by Crippen LogP contribution is -2.50. The summed E-state index contributed by atoms with van der Waals surface area (Å²) in [5, 5.41) is 0. The van der Waals surface area contributed by atoms with Crippen LogP contribution in [0.25, 0.3) is 22.4 Å². The first-order chi connectivity index (χ1) is 20.0. The Labute approximate surface area is 239 Å². The molecule has 0 bridgehead atoms. The maximum atomic E-state index is 13.0. The van der Waals surface area contributed by atoms with Crippen molar-refractivity contribution in [2.24, 2.45) is 0 Å². The number of nitrogens with zero attached hydrogens (tertiary/aromatic N) is 3. The number of aryl methyl sites for hydroxylation is 1. The number of carbonyl (C=O) groups is 2. The van der Waals surface area contributed by atoms with Gasteiger partial charge in [0.15, 0.2) is 6.61 Å². The van der Waals surface area contributed by atoms with E-state index in [1.807, 2.05) is 43.3 Å². The molecule has 0 unspecified atom stereocenters. The number of aromatic nitrogens is 2. The summed E-state index contributed by atoms with van der Waals surface area (Å²) in [5.74, 6) is 0.0263. The van der Waals surface area contributed by atoms with Gasteiger partial charge in [0.25, 0.3) is 5.91 Å². The van der Waals surface area contributed by atoms with E-state index in [0.717, 1.165) is 35.5 Å². The van der Waals surface area contributed by atoms with E-state index in [4.69, 9.17) is 4.74 Å². The first-order valence-corrected chi connectivity index (χ1v) is 13.9. The van der Waals surface area contributed by atoms with Crippen molar-refractivity contribution in [1.29, 1.82) is 0 Å². The summed E-state index contributed by atoms with van der Waals surface area (Å²) >= 11 is 0. The smallest absolute Gasteiger partial charge is 0.338 e. The van der Waals surface area contributed by atoms with Gasteiger partial charge in [-0.25, -0.2) is 9.78 Å². The van der Waals surface area contributed by atoms with Gasteiger partial charge in [-0.05, 0) is 36.2 Å². The van der Waals surface area contributed by atoms with Gasteiger partial charge in [-0.3, -0.25) is 9.69 Å². The molecule has 6 rings (SSSR count). The Morgan fingerprint density at radius 1 is 0.829 bits per heavy atom. The number of hydrogen-bond donors (Lipinski definition) is 1. The Bertz CT molecular complexity index is 1600. The van der Waals surface area contributed by atoms with Gasteiger partial charge >= 0.3 is 5.97 Å². The number of esters is 1. The Morgan fingerprint density at radius 2 is 1.46 bits per heavy atom. The molecule has 1 amide bonds. The number of piperazine rings is 1. The number of amides is 1. The minimum absolute atomic E-state index is 0.122. The normalized spacial score (nSPS) is 14.0. The van der Waals surface area contributed by atoms with Gasteiger partial charge in [0, 0.05) is 31.7 Å². The Balaban J connectivity index is 1.06. The van der Waals surface area contributed by atoms with Gasteiger partial charge in [0.05, 0.1) is 22.6 Å². The van der Waals surface area contributed by atoms with Gasteiger partial charge in [-0.1, -0.05) is 90.5 Å². The summed E-state index contributed by atoms with van der Waals surface area (Å²) in [6.45, 7) is 4.37. The second-order valence-electron chi connectivity index (χ2n) is 10.4. The molecule has 1 aromatic heterocycles. The highest BCUT2D eigenvalue weighted by Crippen LogP contribution is 2.29. The summed E-state index contributed by atoms with van der Waals surface area (Å²) in [7, 11) is 0. The van der Waals surface area contributed by atoms with Crippen LogP contribution in [0.4, 0.5) is 0 Å². The monoisotopic (exact) mass is 544 g/mol. The molecule has 206 valence electrons. The lowest BCUT2D eigenvalue weighted by molar-refractivity contribution is -0.136. The largest absolute Gasteiger partial charge is 0.452 e. The Morgan fingerprint density at radius 3 is 2.10 bits per heavy atom. The molecular weight excluding hydrogens is 512 g/mol. The maximum absolute atomic E-state index is 13.0. The van der Waals surface area contributed by atoms with Crippen molar-refractivity contribution < 1.29 is 14.3 Å². The van der Waals surface area contributed by atoms with Gasteiger partial charge in [0.2, 0.25) is 0 Å². The zero-order valence-electron chi connectivity index (χ0n) is 23.0. The number of carbonyl (C=O) groups excluding carboxylic acids is 2. The van der Waals surface area contributed by atoms with E-state index >= 15 is 0 Å². The Kier molecular flexibility index (Phi) is 7.60. The van der Waals surface area contributed by atoms with Crippen LogP contribution in [-0.4, -0.2) is 64.4 Å². The lowest BCUT2D eigenvalue weighted by Gasteiger charge is -2.39. The standard InChI is InChI=1S/C34H32N4O3/c1-24-12-14-27(15-13-24)33-35-29-17-16-28(22-30(29)36-33)34(40)41-23-31(39)37-18-20-38(21-19-37)32(25-8-4-2-5-9-25)26-10-6-3-7-11-26/h2-17,22,32H,18-21,23H2,1H3,(H,35,36). The fourth-order valence-electron chi connectivity index (χ4n) is 5.40. The van der Waals surface area contributed by atoms with Crippen molar-refractivity contribution in [3.63, 3.8) is 0 Å². The highest BCUT2D eigenvalue weighted by atomic mass is 16.5. The molecule has 7 nitrogen and oxygen atoms in total. The fourth-order valence-corrected chi connectivity index (χ4v) is 5.40. The first-order valence-electron chi connectivity index (χ1n) is 13.9. The molecule has 5 aromatic rings. The van der Waals surface area contributed by atoms with E-state index in [0.29, 0.717) is 18.7 Å². The van der Waals surface area contributed by atoms with E-state index < -0.39 is 5.97 Å². The van der Waals surface area contributed by atoms with E-state index in [1.165, 1.54) is 16.7 Å². The average molecular weight is 545 g/mol. The molecule has 41 heavy (non-hydrogen) atoms. The van der Waals surface area contributed by atoms with Crippen LogP contribution in [0, 0.1) is 6.92 Å². The van der Waals surface area contributed by atoms with Crippen LogP contribution in [0.2, 0.25) is 0 Å². The fraction of sp³-hybridized carbons (Fsp3) is 0.206. The third kappa shape index (κ3) is 5.90. The molecule has 1 aliphatic heterocycles. The van der Waals surface area contributed by atoms with E-state index in [-0.39, 0.29) is 18.6 Å². The minimum atomic E-state index is -0.529. The molecule has 1 fully saturated rings. The number of fused-ring (bicyclic) bond motifs is 1. The van der Waals surface area contributed by atoms with Crippen molar-refractivity contribution in [2.75, 3.05) is 32.8 Å². The molecule has 1 aliphatic rings. The highest BCUT2D eigenvalue weighted by molar-refractivity contribution is 5.95. The second kappa shape index (κ2) is 11.8. The zero-order valence-corrected chi connectivity index (χ0v) is 23.0. The van der Waals surface area contributed by atoms with Crippen molar-refractivity contribution in [2.45, 2.75) is 13.0 Å². The molecule has 0 radical (unpaired) electrons. The molecule has 0 aliphatic carbocycles. The molecule has 4 aromatic carbocycles. The topological polar surface area (TPSA) is 78.5 Å². The van der Waals surface area contributed by atoms with E-state index in [9.17, 15) is 9.59 Å². The summed E-state index contributed by atoms with van der Waals surface area (Å²) in [5.41, 5.74) is 6.48. The molecular formula is C34H32N4O3. The Hall–Kier alpha value is -4.75. The van der Waals surface area contributed by atoms with Crippen LogP contribution in [0.1, 0.15) is 33.1 Å². The number of H-pyrrole nitrogens is 1. The van der Waals surface area contributed by atoms with Crippen LogP contribution in [0.3, 0.4) is 0 Å². The van der Waals surface area contributed by atoms with Crippen molar-refractivity contribution in [3.05, 3.63) is 125 Å². The zero-order chi connectivity index (χ0) is 28.2. The molecule has 0 atom stereocenters. The first kappa shape index (κ1) is 26.5. The molecule has 2 heterocycles. The molecule has 0 saturated carbocycles. The van der Waals surface area contributed by atoms with Crippen molar-refractivity contribution in [3.8, 4) is 11.4 Å². The van der Waals surface area contributed by atoms with Crippen LogP contribution in [-0.2, 0) is 9.53 Å². The van der Waals surface area contributed by atoms with Gasteiger partial charge in [-0.2, -0.15) is 0 Å². The maximum Gasteiger partial charge on any atom is 0.338 e. The summed E-state index contributed by atoms with van der Waals surface area (Å²) < 4.78 is 5.43. The van der Waals surface area contributed by atoms with Crippen LogP contribution in [0.15, 0.2) is 103 Å². The predicted molar refractivity (Wildman–Crippen MR) is 159 cm³/mol. The number of nitrogens with one attached hydrogen (secondary N) is 1. The average Bonchev–Trinajstić information content (AvgIpc) is 3.45. The second-order valence-corrected chi connectivity index (χ2v) is 10.4. The third-order valence-corrected chi connectivity index (χ3v) is 7.63. The number of ether oxygens (including phenoxy) is 1. The van der Waals surface area contributed by atoms with Gasteiger partial charge in [-0.15, -0.1) is 0 Å². The SMILES string of the molecule is Cc1ccc(-c2nc3ccc(C(=O)OCC(=O)N4CCN(C(c5ccccc5)c5ccccc5)CC4)cc3[nH]2)cc1. The number of hydrogen-bond acceptors (Lipinski definition) is 5. The van der Waals surface area contributed by atoms with Gasteiger partial charge < -0.3 is 14.6 Å². The number of aromatic amines is 1. The minimum Gasteiger partial charge on any atom is -0.452 e. The number of rotatable bonds is 7. The van der Waals surface area contributed by atoms with Crippen LogP contribution >= 0.6 is 0 Å². The molecule has 1 saturated heterocycles. The van der Waals surface area contributed by atoms with Gasteiger partial charge in [0.1, 0.15) is 5.82 Å². The van der Waals surface area contributed by atoms with Crippen LogP contribution < -0.4 is 0 Å². The third-order valence-electron chi connectivity index (χ3n) is 7.63. The summed E-state index contributed by atoms with van der Waals surface area (Å²) in [6, 6.07) is 34.3. The van der Waals surface area contributed by atoms with E-state index in [2.05, 4.69) is 63.4 Å². The molecule has 7 heteroatoms. The molecule has 0 spiro atoms. The summed E-state index contributed by atoms with van der Waals surface area (Å²) in [4.78, 5) is 37.9. The van der Waals surface area contributed by atoms with Crippen LogP contribution in [0.5, 0.6) is 0 Å².